The lowest BCUT2D eigenvalue weighted by Gasteiger charge is -2.35. The van der Waals surface area contributed by atoms with Crippen molar-refractivity contribution in [2.45, 2.75) is 75.6 Å². The van der Waals surface area contributed by atoms with E-state index in [1.54, 1.807) is 19.1 Å². The minimum atomic E-state index is -2.74. The van der Waals surface area contributed by atoms with Crippen molar-refractivity contribution in [2.75, 3.05) is 18.9 Å². The molecule has 1 fully saturated rings. The van der Waals surface area contributed by atoms with Crippen LogP contribution in [0.2, 0.25) is 4.34 Å². The Hall–Kier alpha value is -4.50. The van der Waals surface area contributed by atoms with E-state index in [1.807, 2.05) is 7.05 Å². The molecule has 0 spiro atoms. The fourth-order valence-electron chi connectivity index (χ4n) is 5.35. The molecule has 3 aromatic heterocycles. The molecule has 7 N–H and O–H groups in total. The summed E-state index contributed by atoms with van der Waals surface area (Å²) < 4.78 is 6.14. The molecule has 3 atom stereocenters. The minimum absolute atomic E-state index is 0.0834. The van der Waals surface area contributed by atoms with E-state index in [0.717, 1.165) is 41.4 Å². The molecule has 3 aromatic rings. The Kier molecular flexibility index (Phi) is 12.6. The van der Waals surface area contributed by atoms with Crippen molar-refractivity contribution in [3.8, 4) is 0 Å². The summed E-state index contributed by atoms with van der Waals surface area (Å²) in [5.74, 6) is -6.01. The van der Waals surface area contributed by atoms with Gasteiger partial charge in [0.1, 0.15) is 0 Å². The minimum Gasteiger partial charge on any atom is -0.481 e. The van der Waals surface area contributed by atoms with Crippen LogP contribution in [0.4, 0.5) is 5.00 Å². The third-order valence-electron chi connectivity index (χ3n) is 7.79. The van der Waals surface area contributed by atoms with Crippen LogP contribution in [0.15, 0.2) is 16.5 Å². The quantitative estimate of drug-likeness (QED) is 0.144. The Morgan fingerprint density at radius 1 is 1.00 bits per heavy atom. The van der Waals surface area contributed by atoms with Gasteiger partial charge in [0.05, 0.1) is 33.9 Å². The van der Waals surface area contributed by atoms with Gasteiger partial charge in [-0.1, -0.05) is 11.6 Å². The van der Waals surface area contributed by atoms with Gasteiger partial charge in [-0.2, -0.15) is 0 Å². The number of carboxylic acids is 3. The Balaban J connectivity index is 0.000000369. The number of aliphatic carboxylic acids is 3. The standard InChI is InChI=1S/C23H26ClN7O4S2.C6H8O7/c1-11-29-30-22(35-11)12-3-4-13(25-19(32)20(33)28-18-6-5-17(24)37-18)15(9-12)26-21(34)23-27-14-7-8-31(2)10-16(14)36-23;7-3(8)1-6(13,5(11)12)2-4(9)10/h5-6,12-13,15H,3-4,7-10H2,1-2H3,(H,25,32)(H,26,34)(H,28,33);13H,1-2H2,(H,7,8)(H,9,10)(H,11,12)/t12-,13-,15+;/m0./s1. The van der Waals surface area contributed by atoms with E-state index in [-0.39, 0.29) is 11.8 Å². The molecular formula is C29H34ClN7O11S2. The number of thiophene rings is 1. The maximum atomic E-state index is 13.2. The summed E-state index contributed by atoms with van der Waals surface area (Å²) in [6, 6.07) is 2.34. The predicted octanol–water partition coefficient (Wildman–Crippen LogP) is 1.48. The van der Waals surface area contributed by atoms with E-state index < -0.39 is 60.2 Å². The molecule has 18 nitrogen and oxygen atoms in total. The van der Waals surface area contributed by atoms with E-state index >= 15 is 0 Å². The Labute approximate surface area is 296 Å². The van der Waals surface area contributed by atoms with Gasteiger partial charge in [-0.3, -0.25) is 24.0 Å². The van der Waals surface area contributed by atoms with Gasteiger partial charge in [-0.05, 0) is 38.4 Å². The lowest BCUT2D eigenvalue weighted by atomic mass is 9.82. The Morgan fingerprint density at radius 3 is 2.28 bits per heavy atom. The third-order valence-corrected chi connectivity index (χ3v) is 10.0. The molecule has 270 valence electrons. The van der Waals surface area contributed by atoms with Gasteiger partial charge in [-0.15, -0.1) is 32.9 Å². The number of carboxylic acid groups (broad SMARTS) is 3. The van der Waals surface area contributed by atoms with Crippen molar-refractivity contribution in [1.82, 2.24) is 30.7 Å². The molecule has 2 aliphatic rings. The number of halogens is 1. The number of thiazole rings is 1. The summed E-state index contributed by atoms with van der Waals surface area (Å²) in [7, 11) is 2.04. The van der Waals surface area contributed by atoms with Gasteiger partial charge in [0, 0.05) is 43.3 Å². The summed E-state index contributed by atoms with van der Waals surface area (Å²) in [5, 5.41) is 51.2. The molecule has 0 bridgehead atoms. The van der Waals surface area contributed by atoms with Crippen LogP contribution < -0.4 is 16.0 Å². The number of carbonyl (C=O) groups excluding carboxylic acids is 3. The van der Waals surface area contributed by atoms with Gasteiger partial charge < -0.3 is 45.7 Å². The molecule has 21 heteroatoms. The van der Waals surface area contributed by atoms with Crippen LogP contribution in [0.5, 0.6) is 0 Å². The molecule has 0 unspecified atom stereocenters. The van der Waals surface area contributed by atoms with Crippen molar-refractivity contribution >= 4 is 74.9 Å². The number of hydrogen-bond donors (Lipinski definition) is 7. The summed E-state index contributed by atoms with van der Waals surface area (Å²) in [5.41, 5.74) is -1.77. The molecule has 4 heterocycles. The summed E-state index contributed by atoms with van der Waals surface area (Å²) in [4.78, 5) is 76.8. The number of nitrogens with zero attached hydrogens (tertiary/aromatic N) is 4. The van der Waals surface area contributed by atoms with Gasteiger partial charge >= 0.3 is 29.7 Å². The van der Waals surface area contributed by atoms with Gasteiger partial charge in [0.15, 0.2) is 10.6 Å². The Bertz CT molecular complexity index is 1740. The molecular weight excluding hydrogens is 722 g/mol. The molecule has 1 aliphatic heterocycles. The molecule has 50 heavy (non-hydrogen) atoms. The summed E-state index contributed by atoms with van der Waals surface area (Å²) in [6.07, 6.45) is 0.150. The number of aromatic nitrogens is 3. The zero-order valence-corrected chi connectivity index (χ0v) is 29.1. The average Bonchev–Trinajstić information content (AvgIpc) is 3.76. The lowest BCUT2D eigenvalue weighted by Crippen LogP contribution is -2.55. The number of rotatable bonds is 10. The second-order valence-corrected chi connectivity index (χ2v) is 14.5. The van der Waals surface area contributed by atoms with Crippen molar-refractivity contribution < 1.29 is 53.6 Å². The van der Waals surface area contributed by atoms with Gasteiger partial charge in [0.25, 0.3) is 5.91 Å². The van der Waals surface area contributed by atoms with Gasteiger partial charge in [-0.25, -0.2) is 9.78 Å². The number of nitrogens with one attached hydrogen (secondary N) is 3. The first-order valence-electron chi connectivity index (χ1n) is 15.1. The fraction of sp³-hybridized carbons (Fsp3) is 0.483. The highest BCUT2D eigenvalue weighted by Gasteiger charge is 2.41. The topological polar surface area (TPSA) is 274 Å². The van der Waals surface area contributed by atoms with Crippen molar-refractivity contribution in [2.24, 2.45) is 0 Å². The van der Waals surface area contributed by atoms with Gasteiger partial charge in [0.2, 0.25) is 11.8 Å². The van der Waals surface area contributed by atoms with E-state index in [4.69, 9.17) is 36.4 Å². The SMILES string of the molecule is Cc1nnc([C@H]2CC[C@H](NC(=O)C(=O)Nc3ccc(Cl)s3)[C@H](NC(=O)c3nc4c(s3)CN(C)CC4)C2)o1.O=C(O)CC(O)(CC(=O)O)C(=O)O. The predicted molar refractivity (Wildman–Crippen MR) is 176 cm³/mol. The highest BCUT2D eigenvalue weighted by molar-refractivity contribution is 7.20. The highest BCUT2D eigenvalue weighted by Crippen LogP contribution is 2.33. The smallest absolute Gasteiger partial charge is 0.336 e. The first-order chi connectivity index (χ1) is 23.5. The number of aliphatic hydroxyl groups is 1. The Morgan fingerprint density at radius 2 is 1.70 bits per heavy atom. The number of amides is 3. The fourth-order valence-corrected chi connectivity index (χ4v) is 7.38. The second kappa shape index (κ2) is 16.5. The number of fused-ring (bicyclic) bond motifs is 1. The van der Waals surface area contributed by atoms with Crippen molar-refractivity contribution in [3.63, 3.8) is 0 Å². The van der Waals surface area contributed by atoms with Crippen LogP contribution in [0, 0.1) is 6.92 Å². The molecule has 5 rings (SSSR count). The van der Waals surface area contributed by atoms with Crippen LogP contribution in [0.3, 0.4) is 0 Å². The first kappa shape index (κ1) is 38.3. The number of anilines is 1. The number of hydrogen-bond acceptors (Lipinski definition) is 14. The molecule has 1 saturated carbocycles. The molecule has 3 amide bonds. The molecule has 0 saturated heterocycles. The van der Waals surface area contributed by atoms with Crippen LogP contribution in [0.25, 0.3) is 0 Å². The van der Waals surface area contributed by atoms with E-state index in [9.17, 15) is 28.8 Å². The zero-order chi connectivity index (χ0) is 36.7. The zero-order valence-electron chi connectivity index (χ0n) is 26.7. The largest absolute Gasteiger partial charge is 0.481 e. The first-order valence-corrected chi connectivity index (χ1v) is 17.1. The number of carbonyl (C=O) groups is 6. The van der Waals surface area contributed by atoms with Crippen LogP contribution in [-0.4, -0.2) is 107 Å². The normalized spacial score (nSPS) is 18.9. The molecule has 0 radical (unpaired) electrons. The third kappa shape index (κ3) is 10.3. The highest BCUT2D eigenvalue weighted by atomic mass is 35.5. The number of aryl methyl sites for hydroxylation is 1. The van der Waals surface area contributed by atoms with E-state index in [2.05, 4.69) is 36.0 Å². The van der Waals surface area contributed by atoms with E-state index in [1.165, 1.54) is 11.3 Å². The van der Waals surface area contributed by atoms with Crippen LogP contribution in [-0.2, 0) is 36.9 Å². The second-order valence-electron chi connectivity index (χ2n) is 11.7. The maximum Gasteiger partial charge on any atom is 0.336 e. The summed E-state index contributed by atoms with van der Waals surface area (Å²) in [6.45, 7) is 3.40. The number of likely N-dealkylation sites (N-methyl/N-ethyl adjacent to an activating group) is 1. The molecule has 0 aromatic carbocycles. The monoisotopic (exact) mass is 755 g/mol. The van der Waals surface area contributed by atoms with E-state index in [0.29, 0.717) is 45.4 Å². The maximum absolute atomic E-state index is 13.2. The molecule has 1 aliphatic carbocycles. The van der Waals surface area contributed by atoms with Crippen molar-refractivity contribution in [1.29, 1.82) is 0 Å². The van der Waals surface area contributed by atoms with Crippen LogP contribution >= 0.6 is 34.3 Å². The average molecular weight is 756 g/mol. The van der Waals surface area contributed by atoms with Crippen molar-refractivity contribution in [3.05, 3.63) is 43.8 Å². The summed E-state index contributed by atoms with van der Waals surface area (Å²) >= 11 is 8.46. The lowest BCUT2D eigenvalue weighted by molar-refractivity contribution is -0.170. The van der Waals surface area contributed by atoms with Crippen LogP contribution in [0.1, 0.15) is 70.2 Å².